The van der Waals surface area contributed by atoms with Crippen LogP contribution in [0.5, 0.6) is 5.75 Å². The van der Waals surface area contributed by atoms with E-state index in [0.29, 0.717) is 29.2 Å². The van der Waals surface area contributed by atoms with Crippen LogP contribution in [0, 0.1) is 13.8 Å². The van der Waals surface area contributed by atoms with Gasteiger partial charge in [0.1, 0.15) is 11.3 Å². The first kappa shape index (κ1) is 24.5. The van der Waals surface area contributed by atoms with Gasteiger partial charge in [0.2, 0.25) is 0 Å². The van der Waals surface area contributed by atoms with E-state index in [1.165, 1.54) is 13.2 Å². The predicted octanol–water partition coefficient (Wildman–Crippen LogP) is 3.95. The van der Waals surface area contributed by atoms with Crippen molar-refractivity contribution in [2.75, 3.05) is 18.6 Å². The Labute approximate surface area is 207 Å². The number of aromatic nitrogens is 1. The zero-order valence-corrected chi connectivity index (χ0v) is 20.3. The Morgan fingerprint density at radius 2 is 1.61 bits per heavy atom. The molecule has 184 valence electrons. The van der Waals surface area contributed by atoms with Crippen molar-refractivity contribution in [3.05, 3.63) is 82.7 Å². The summed E-state index contributed by atoms with van der Waals surface area (Å²) in [4.78, 5) is 51.2. The van der Waals surface area contributed by atoms with Crippen molar-refractivity contribution >= 4 is 35.6 Å². The molecule has 9 heteroatoms. The molecule has 1 aliphatic heterocycles. The molecule has 0 aliphatic carbocycles. The zero-order valence-electron chi connectivity index (χ0n) is 20.3. The quantitative estimate of drug-likeness (QED) is 0.321. The molecular weight excluding hydrogens is 462 g/mol. The standard InChI is InChI=1S/C27H25N3O6/c1-5-36-26(33)18-6-8-20(9-7-18)29-16(2)14-19(17(29)3)15-23-24(31)28-27(34)30(25(23)32)21-10-12-22(35-4)13-11-21/h6-15H,5H2,1-4H3,(H,28,31,34)/b23-15+. The number of methoxy groups -OCH3 is 1. The van der Waals surface area contributed by atoms with Crippen molar-refractivity contribution in [2.45, 2.75) is 20.8 Å². The Kier molecular flexibility index (Phi) is 6.73. The van der Waals surface area contributed by atoms with Crippen molar-refractivity contribution in [3.63, 3.8) is 0 Å². The Hall–Kier alpha value is -4.66. The number of esters is 1. The Morgan fingerprint density at radius 3 is 2.22 bits per heavy atom. The molecule has 36 heavy (non-hydrogen) atoms. The highest BCUT2D eigenvalue weighted by atomic mass is 16.5. The van der Waals surface area contributed by atoms with Crippen LogP contribution in [0.1, 0.15) is 34.2 Å². The monoisotopic (exact) mass is 487 g/mol. The van der Waals surface area contributed by atoms with Crippen LogP contribution in [0.4, 0.5) is 10.5 Å². The Balaban J connectivity index is 1.68. The second-order valence-corrected chi connectivity index (χ2v) is 8.09. The summed E-state index contributed by atoms with van der Waals surface area (Å²) >= 11 is 0. The third-order valence-corrected chi connectivity index (χ3v) is 5.84. The van der Waals surface area contributed by atoms with Gasteiger partial charge in [-0.05, 0) is 87.0 Å². The largest absolute Gasteiger partial charge is 0.497 e. The topological polar surface area (TPSA) is 107 Å². The second kappa shape index (κ2) is 9.91. The molecule has 1 N–H and O–H groups in total. The highest BCUT2D eigenvalue weighted by molar-refractivity contribution is 6.39. The number of anilines is 1. The molecule has 2 heterocycles. The predicted molar refractivity (Wildman–Crippen MR) is 133 cm³/mol. The lowest BCUT2D eigenvalue weighted by Crippen LogP contribution is -2.54. The molecular formula is C27H25N3O6. The summed E-state index contributed by atoms with van der Waals surface area (Å²) < 4.78 is 12.1. The minimum atomic E-state index is -0.820. The molecule has 0 atom stereocenters. The third kappa shape index (κ3) is 4.50. The number of hydrogen-bond acceptors (Lipinski definition) is 6. The maximum absolute atomic E-state index is 13.2. The van der Waals surface area contributed by atoms with Crippen molar-refractivity contribution in [3.8, 4) is 11.4 Å². The molecule has 1 saturated heterocycles. The molecule has 0 unspecified atom stereocenters. The summed E-state index contributed by atoms with van der Waals surface area (Å²) in [6, 6.07) is 14.4. The van der Waals surface area contributed by atoms with Gasteiger partial charge in [0.25, 0.3) is 11.8 Å². The molecule has 1 aromatic heterocycles. The Bertz CT molecular complexity index is 1380. The number of ether oxygens (including phenoxy) is 2. The van der Waals surface area contributed by atoms with Gasteiger partial charge in [-0.25, -0.2) is 14.5 Å². The number of nitrogens with zero attached hydrogens (tertiary/aromatic N) is 2. The SMILES string of the molecule is CCOC(=O)c1ccc(-n2c(C)cc(/C=C3\C(=O)NC(=O)N(c4ccc(OC)cc4)C3=O)c2C)cc1. The number of amides is 4. The molecule has 0 spiro atoms. The molecule has 1 fully saturated rings. The van der Waals surface area contributed by atoms with E-state index in [9.17, 15) is 19.2 Å². The van der Waals surface area contributed by atoms with Gasteiger partial charge in [0.15, 0.2) is 0 Å². The van der Waals surface area contributed by atoms with Gasteiger partial charge in [-0.3, -0.25) is 14.9 Å². The van der Waals surface area contributed by atoms with Crippen LogP contribution in [0.15, 0.2) is 60.2 Å². The van der Waals surface area contributed by atoms with E-state index in [0.717, 1.165) is 22.0 Å². The lowest BCUT2D eigenvalue weighted by Gasteiger charge is -2.26. The zero-order chi connectivity index (χ0) is 26.0. The van der Waals surface area contributed by atoms with Gasteiger partial charge in [-0.2, -0.15) is 0 Å². The van der Waals surface area contributed by atoms with E-state index in [-0.39, 0.29) is 5.57 Å². The maximum atomic E-state index is 13.2. The molecule has 0 saturated carbocycles. The number of hydrogen-bond donors (Lipinski definition) is 1. The maximum Gasteiger partial charge on any atom is 0.338 e. The fourth-order valence-electron chi connectivity index (χ4n) is 4.07. The molecule has 4 rings (SSSR count). The average Bonchev–Trinajstić information content (AvgIpc) is 3.14. The third-order valence-electron chi connectivity index (χ3n) is 5.84. The minimum absolute atomic E-state index is 0.164. The van der Waals surface area contributed by atoms with Gasteiger partial charge in [0, 0.05) is 17.1 Å². The van der Waals surface area contributed by atoms with Crippen LogP contribution in [-0.4, -0.2) is 42.1 Å². The van der Waals surface area contributed by atoms with Crippen LogP contribution in [0.2, 0.25) is 0 Å². The summed E-state index contributed by atoms with van der Waals surface area (Å²) in [5.74, 6) is -1.32. The molecule has 0 radical (unpaired) electrons. The minimum Gasteiger partial charge on any atom is -0.497 e. The van der Waals surface area contributed by atoms with Crippen molar-refractivity contribution in [1.29, 1.82) is 0 Å². The van der Waals surface area contributed by atoms with E-state index >= 15 is 0 Å². The Morgan fingerprint density at radius 1 is 0.972 bits per heavy atom. The summed E-state index contributed by atoms with van der Waals surface area (Å²) in [5, 5.41) is 2.23. The lowest BCUT2D eigenvalue weighted by atomic mass is 10.1. The number of carbonyl (C=O) groups is 4. The molecule has 0 bridgehead atoms. The molecule has 9 nitrogen and oxygen atoms in total. The second-order valence-electron chi connectivity index (χ2n) is 8.09. The van der Waals surface area contributed by atoms with Crippen LogP contribution in [-0.2, 0) is 14.3 Å². The fraction of sp³-hybridized carbons (Fsp3) is 0.185. The van der Waals surface area contributed by atoms with Crippen molar-refractivity contribution in [1.82, 2.24) is 9.88 Å². The van der Waals surface area contributed by atoms with E-state index < -0.39 is 23.8 Å². The van der Waals surface area contributed by atoms with Gasteiger partial charge in [-0.15, -0.1) is 0 Å². The number of nitrogens with one attached hydrogen (secondary N) is 1. The number of urea groups is 1. The number of rotatable bonds is 6. The summed E-state index contributed by atoms with van der Waals surface area (Å²) in [5.41, 5.74) is 3.67. The number of benzene rings is 2. The van der Waals surface area contributed by atoms with Crippen LogP contribution in [0.25, 0.3) is 11.8 Å². The van der Waals surface area contributed by atoms with E-state index in [4.69, 9.17) is 9.47 Å². The fourth-order valence-corrected chi connectivity index (χ4v) is 4.07. The van der Waals surface area contributed by atoms with Gasteiger partial charge < -0.3 is 14.0 Å². The number of barbiturate groups is 1. The molecule has 2 aromatic carbocycles. The number of carbonyl (C=O) groups excluding carboxylic acids is 4. The van der Waals surface area contributed by atoms with Crippen molar-refractivity contribution in [2.24, 2.45) is 0 Å². The summed E-state index contributed by atoms with van der Waals surface area (Å²) in [7, 11) is 1.51. The van der Waals surface area contributed by atoms with Crippen molar-refractivity contribution < 1.29 is 28.7 Å². The number of imide groups is 2. The molecule has 1 aliphatic rings. The van der Waals surface area contributed by atoms with Crippen LogP contribution < -0.4 is 15.0 Å². The van der Waals surface area contributed by atoms with Gasteiger partial charge in [-0.1, -0.05) is 0 Å². The van der Waals surface area contributed by atoms with E-state index in [1.54, 1.807) is 55.5 Å². The van der Waals surface area contributed by atoms with E-state index in [1.807, 2.05) is 24.5 Å². The highest BCUT2D eigenvalue weighted by Gasteiger charge is 2.37. The van der Waals surface area contributed by atoms with Gasteiger partial charge >= 0.3 is 12.0 Å². The smallest absolute Gasteiger partial charge is 0.338 e. The lowest BCUT2D eigenvalue weighted by molar-refractivity contribution is -0.122. The summed E-state index contributed by atoms with van der Waals surface area (Å²) in [6.07, 6.45) is 1.48. The normalized spacial score (nSPS) is 14.7. The average molecular weight is 488 g/mol. The van der Waals surface area contributed by atoms with Crippen LogP contribution >= 0.6 is 0 Å². The van der Waals surface area contributed by atoms with E-state index in [2.05, 4.69) is 5.32 Å². The first-order valence-corrected chi connectivity index (χ1v) is 11.3. The molecule has 3 aromatic rings. The molecule has 4 amide bonds. The van der Waals surface area contributed by atoms with Gasteiger partial charge in [0.05, 0.1) is 25.0 Å². The van der Waals surface area contributed by atoms with Crippen LogP contribution in [0.3, 0.4) is 0 Å². The first-order valence-electron chi connectivity index (χ1n) is 11.3. The first-order chi connectivity index (χ1) is 17.2. The number of aryl methyl sites for hydroxylation is 1. The highest BCUT2D eigenvalue weighted by Crippen LogP contribution is 2.27. The summed E-state index contributed by atoms with van der Waals surface area (Å²) in [6.45, 7) is 5.79.